The summed E-state index contributed by atoms with van der Waals surface area (Å²) in [6, 6.07) is 4.56. The number of rotatable bonds is 6. The molecule has 0 spiro atoms. The maximum Gasteiger partial charge on any atom is 0.393 e. The lowest BCUT2D eigenvalue weighted by Gasteiger charge is -2.21. The first-order valence-electron chi connectivity index (χ1n) is 7.96. The van der Waals surface area contributed by atoms with Crippen molar-refractivity contribution in [2.24, 2.45) is 17.8 Å². The van der Waals surface area contributed by atoms with E-state index in [0.717, 1.165) is 0 Å². The summed E-state index contributed by atoms with van der Waals surface area (Å²) in [5.41, 5.74) is 0.715. The number of hydrogen-bond donors (Lipinski definition) is 1. The van der Waals surface area contributed by atoms with Gasteiger partial charge in [0.05, 0.1) is 18.9 Å². The van der Waals surface area contributed by atoms with Gasteiger partial charge in [-0.1, -0.05) is 13.0 Å². The Hall–Kier alpha value is -1.83. The van der Waals surface area contributed by atoms with Crippen LogP contribution in [0.3, 0.4) is 0 Å². The first-order valence-corrected chi connectivity index (χ1v) is 7.96. The van der Waals surface area contributed by atoms with Gasteiger partial charge in [-0.25, -0.2) is 4.39 Å². The van der Waals surface area contributed by atoms with Crippen LogP contribution in [0.5, 0.6) is 5.75 Å². The highest BCUT2D eigenvalue weighted by atomic mass is 19.4. The number of likely N-dealkylation sites (tertiary alicyclic amines) is 1. The Morgan fingerprint density at radius 2 is 2.08 bits per heavy atom. The molecule has 1 aromatic rings. The molecule has 3 atom stereocenters. The number of methoxy groups -OCH3 is 1. The van der Waals surface area contributed by atoms with Crippen LogP contribution in [0.2, 0.25) is 0 Å². The minimum absolute atomic E-state index is 0.0470. The van der Waals surface area contributed by atoms with Gasteiger partial charge in [-0.3, -0.25) is 4.79 Å². The summed E-state index contributed by atoms with van der Waals surface area (Å²) in [6.45, 7) is 1.73. The molecule has 2 rings (SSSR count). The monoisotopic (exact) mass is 363 g/mol. The van der Waals surface area contributed by atoms with Crippen molar-refractivity contribution in [1.82, 2.24) is 4.90 Å². The second kappa shape index (κ2) is 7.59. The number of benzene rings is 1. The lowest BCUT2D eigenvalue weighted by atomic mass is 9.96. The molecule has 1 unspecified atom stereocenters. The van der Waals surface area contributed by atoms with E-state index in [0.29, 0.717) is 18.5 Å². The van der Waals surface area contributed by atoms with Gasteiger partial charge in [-0.05, 0) is 30.0 Å². The topological polar surface area (TPSA) is 49.8 Å². The van der Waals surface area contributed by atoms with Crippen molar-refractivity contribution >= 4 is 5.97 Å². The lowest BCUT2D eigenvalue weighted by molar-refractivity contribution is -0.188. The number of ether oxygens (including phenoxy) is 1. The van der Waals surface area contributed by atoms with Crippen LogP contribution in [0.1, 0.15) is 12.5 Å². The van der Waals surface area contributed by atoms with E-state index >= 15 is 0 Å². The van der Waals surface area contributed by atoms with Crippen LogP contribution in [-0.2, 0) is 11.2 Å². The van der Waals surface area contributed by atoms with Crippen molar-refractivity contribution in [1.29, 1.82) is 0 Å². The van der Waals surface area contributed by atoms with E-state index in [-0.39, 0.29) is 24.8 Å². The van der Waals surface area contributed by atoms with Crippen molar-refractivity contribution < 1.29 is 32.2 Å². The van der Waals surface area contributed by atoms with Crippen LogP contribution in [0.15, 0.2) is 18.2 Å². The first kappa shape index (κ1) is 19.5. The first-order chi connectivity index (χ1) is 11.6. The Morgan fingerprint density at radius 1 is 1.40 bits per heavy atom. The average molecular weight is 363 g/mol. The normalized spacial score (nSPS) is 22.8. The van der Waals surface area contributed by atoms with E-state index in [9.17, 15) is 22.4 Å². The fourth-order valence-electron chi connectivity index (χ4n) is 3.36. The average Bonchev–Trinajstić information content (AvgIpc) is 2.91. The van der Waals surface area contributed by atoms with Crippen LogP contribution >= 0.6 is 0 Å². The SMILES string of the molecule is COc1ccc(CC(C)CN2C[C@@H](C(F)(F)F)[C@H](C(=O)O)C2)cc1F. The Kier molecular flexibility index (Phi) is 5.92. The minimum atomic E-state index is -4.53. The molecule has 8 heteroatoms. The molecule has 1 aliphatic rings. The third kappa shape index (κ3) is 4.84. The van der Waals surface area contributed by atoms with Gasteiger partial charge in [0.2, 0.25) is 0 Å². The van der Waals surface area contributed by atoms with Crippen molar-refractivity contribution in [3.8, 4) is 5.75 Å². The number of alkyl halides is 3. The van der Waals surface area contributed by atoms with E-state index in [2.05, 4.69) is 0 Å². The molecule has 0 aromatic heterocycles. The Balaban J connectivity index is 1.97. The molecular weight excluding hydrogens is 342 g/mol. The molecule has 4 nitrogen and oxygen atoms in total. The summed E-state index contributed by atoms with van der Waals surface area (Å²) in [7, 11) is 1.37. The van der Waals surface area contributed by atoms with Gasteiger partial charge < -0.3 is 14.7 Å². The molecule has 1 aliphatic heterocycles. The number of carboxylic acid groups (broad SMARTS) is 1. The van der Waals surface area contributed by atoms with Crippen LogP contribution < -0.4 is 4.74 Å². The molecule has 140 valence electrons. The molecule has 1 saturated heterocycles. The van der Waals surface area contributed by atoms with E-state index in [1.54, 1.807) is 6.07 Å². The van der Waals surface area contributed by atoms with Gasteiger partial charge in [0, 0.05) is 19.6 Å². The fraction of sp³-hybridized carbons (Fsp3) is 0.588. The zero-order valence-electron chi connectivity index (χ0n) is 14.0. The van der Waals surface area contributed by atoms with Crippen molar-refractivity contribution in [3.63, 3.8) is 0 Å². The molecule has 1 heterocycles. The standard InChI is InChI=1S/C17H21F4NO3/c1-10(5-11-3-4-15(25-2)14(18)6-11)7-22-8-12(16(23)24)13(9-22)17(19,20)21/h3-4,6,10,12-13H,5,7-9H2,1-2H3,(H,23,24)/t10?,12-,13-/m1/s1. The van der Waals surface area contributed by atoms with E-state index in [1.165, 1.54) is 24.1 Å². The molecule has 1 aromatic carbocycles. The predicted molar refractivity (Wildman–Crippen MR) is 82.9 cm³/mol. The summed E-state index contributed by atoms with van der Waals surface area (Å²) in [6.07, 6.45) is -4.05. The highest BCUT2D eigenvalue weighted by molar-refractivity contribution is 5.71. The minimum Gasteiger partial charge on any atom is -0.494 e. The number of aliphatic carboxylic acids is 1. The van der Waals surface area contributed by atoms with Crippen LogP contribution in [0.4, 0.5) is 17.6 Å². The quantitative estimate of drug-likeness (QED) is 0.789. The van der Waals surface area contributed by atoms with E-state index in [1.807, 2.05) is 6.92 Å². The fourth-order valence-corrected chi connectivity index (χ4v) is 3.36. The van der Waals surface area contributed by atoms with Crippen molar-refractivity contribution in [2.45, 2.75) is 19.5 Å². The zero-order valence-corrected chi connectivity index (χ0v) is 14.0. The van der Waals surface area contributed by atoms with Gasteiger partial charge in [0.25, 0.3) is 0 Å². The number of halogens is 4. The molecule has 0 saturated carbocycles. The highest BCUT2D eigenvalue weighted by Crippen LogP contribution is 2.38. The van der Waals surface area contributed by atoms with Crippen molar-refractivity contribution in [3.05, 3.63) is 29.6 Å². The van der Waals surface area contributed by atoms with Crippen LogP contribution in [0.25, 0.3) is 0 Å². The summed E-state index contributed by atoms with van der Waals surface area (Å²) < 4.78 is 57.6. The van der Waals surface area contributed by atoms with E-state index < -0.39 is 29.8 Å². The van der Waals surface area contributed by atoms with Crippen LogP contribution in [0, 0.1) is 23.6 Å². The second-order valence-corrected chi connectivity index (χ2v) is 6.59. The molecule has 0 aliphatic carbocycles. The molecule has 0 radical (unpaired) electrons. The molecule has 1 N–H and O–H groups in total. The van der Waals surface area contributed by atoms with Crippen LogP contribution in [-0.4, -0.2) is 48.9 Å². The highest BCUT2D eigenvalue weighted by Gasteiger charge is 2.52. The third-order valence-corrected chi connectivity index (χ3v) is 4.50. The number of nitrogens with zero attached hydrogens (tertiary/aromatic N) is 1. The van der Waals surface area contributed by atoms with Gasteiger partial charge in [0.1, 0.15) is 0 Å². The number of carboxylic acids is 1. The summed E-state index contributed by atoms with van der Waals surface area (Å²) in [5, 5.41) is 9.03. The number of carbonyl (C=O) groups is 1. The largest absolute Gasteiger partial charge is 0.494 e. The number of hydrogen-bond acceptors (Lipinski definition) is 3. The van der Waals surface area contributed by atoms with Gasteiger partial charge in [-0.15, -0.1) is 0 Å². The maximum atomic E-state index is 13.7. The maximum absolute atomic E-state index is 13.7. The smallest absolute Gasteiger partial charge is 0.393 e. The molecule has 1 fully saturated rings. The third-order valence-electron chi connectivity index (χ3n) is 4.50. The lowest BCUT2D eigenvalue weighted by Crippen LogP contribution is -2.33. The zero-order chi connectivity index (χ0) is 18.8. The predicted octanol–water partition coefficient (Wildman–Crippen LogP) is 3.21. The van der Waals surface area contributed by atoms with Gasteiger partial charge >= 0.3 is 12.1 Å². The van der Waals surface area contributed by atoms with Gasteiger partial charge in [-0.2, -0.15) is 13.2 Å². The van der Waals surface area contributed by atoms with Crippen molar-refractivity contribution in [2.75, 3.05) is 26.7 Å². The second-order valence-electron chi connectivity index (χ2n) is 6.59. The summed E-state index contributed by atoms with van der Waals surface area (Å²) >= 11 is 0. The molecule has 25 heavy (non-hydrogen) atoms. The molecular formula is C17H21F4NO3. The molecule has 0 bridgehead atoms. The van der Waals surface area contributed by atoms with Gasteiger partial charge in [0.15, 0.2) is 11.6 Å². The Labute approximate surface area is 143 Å². The Morgan fingerprint density at radius 3 is 2.56 bits per heavy atom. The van der Waals surface area contributed by atoms with E-state index in [4.69, 9.17) is 9.84 Å². The summed E-state index contributed by atoms with van der Waals surface area (Å²) in [5.74, 6) is -5.12. The Bertz CT molecular complexity index is 620. The molecule has 0 amide bonds. The summed E-state index contributed by atoms with van der Waals surface area (Å²) in [4.78, 5) is 12.6.